The van der Waals surface area contributed by atoms with Crippen LogP contribution in [-0.4, -0.2) is 24.5 Å². The Kier molecular flexibility index (Phi) is 12.8. The van der Waals surface area contributed by atoms with Crippen molar-refractivity contribution in [3.63, 3.8) is 0 Å². The minimum Gasteiger partial charge on any atom is -0.352 e. The molecule has 0 aliphatic heterocycles. The van der Waals surface area contributed by atoms with E-state index in [1.165, 1.54) is 36.8 Å². The molecule has 1 N–H and O–H groups in total. The summed E-state index contributed by atoms with van der Waals surface area (Å²) in [5, 5.41) is 2.82. The standard InChI is InChI=1S/C16H25NO.C11H14N2/c1-4-6-15(7-5-2)16-10-8-14(9-11-16)12-17-13(3)18;1-9(13-10(2)12-3)11-7-5-4-6-8-11/h8-11,15H,4-7,12H2,1-3H3,(H,17,18);4-8H,1-3H3. The molecule has 0 unspecified atom stereocenters. The molecule has 4 heteroatoms. The van der Waals surface area contributed by atoms with E-state index < -0.39 is 0 Å². The van der Waals surface area contributed by atoms with E-state index in [0.29, 0.717) is 12.5 Å². The molecule has 0 atom stereocenters. The lowest BCUT2D eigenvalue weighted by atomic mass is 9.90. The van der Waals surface area contributed by atoms with Gasteiger partial charge in [0.05, 0.1) is 0 Å². The molecule has 31 heavy (non-hydrogen) atoms. The van der Waals surface area contributed by atoms with Crippen molar-refractivity contribution in [2.75, 3.05) is 7.05 Å². The number of carbonyl (C=O) groups is 1. The van der Waals surface area contributed by atoms with Crippen molar-refractivity contribution in [3.8, 4) is 0 Å². The summed E-state index contributed by atoms with van der Waals surface area (Å²) in [7, 11) is 1.75. The molecule has 0 saturated heterocycles. The second kappa shape index (κ2) is 15.1. The predicted molar refractivity (Wildman–Crippen MR) is 134 cm³/mol. The Balaban J connectivity index is 0.000000327. The number of aliphatic imine (C=N–C) groups is 2. The maximum Gasteiger partial charge on any atom is 0.217 e. The molecule has 0 aliphatic carbocycles. The zero-order valence-electron chi connectivity index (χ0n) is 20.1. The highest BCUT2D eigenvalue weighted by atomic mass is 16.1. The lowest BCUT2D eigenvalue weighted by Crippen LogP contribution is -2.18. The quantitative estimate of drug-likeness (QED) is 0.381. The van der Waals surface area contributed by atoms with Gasteiger partial charge in [0, 0.05) is 26.2 Å². The first-order valence-corrected chi connectivity index (χ1v) is 11.3. The first kappa shape index (κ1) is 26.3. The Morgan fingerprint density at radius 2 is 1.48 bits per heavy atom. The van der Waals surface area contributed by atoms with Gasteiger partial charge < -0.3 is 5.32 Å². The summed E-state index contributed by atoms with van der Waals surface area (Å²) in [5.41, 5.74) is 4.75. The van der Waals surface area contributed by atoms with Gasteiger partial charge in [0.1, 0.15) is 5.84 Å². The molecule has 1 amide bonds. The number of amidine groups is 1. The molecule has 0 aromatic heterocycles. The summed E-state index contributed by atoms with van der Waals surface area (Å²) >= 11 is 0. The summed E-state index contributed by atoms with van der Waals surface area (Å²) < 4.78 is 0. The molecule has 0 heterocycles. The summed E-state index contributed by atoms with van der Waals surface area (Å²) in [6.45, 7) is 10.5. The van der Waals surface area contributed by atoms with E-state index in [-0.39, 0.29) is 5.91 Å². The molecule has 0 bridgehead atoms. The van der Waals surface area contributed by atoms with Gasteiger partial charge in [-0.1, -0.05) is 81.3 Å². The molecular weight excluding hydrogens is 382 g/mol. The van der Waals surface area contributed by atoms with Crippen LogP contribution in [0.1, 0.15) is 82.9 Å². The Labute approximate surface area is 188 Å². The molecular formula is C27H39N3O. The minimum absolute atomic E-state index is 0.0221. The highest BCUT2D eigenvalue weighted by molar-refractivity contribution is 6.05. The summed E-state index contributed by atoms with van der Waals surface area (Å²) in [6, 6.07) is 18.8. The molecule has 2 rings (SSSR count). The van der Waals surface area contributed by atoms with Crippen molar-refractivity contribution in [3.05, 3.63) is 71.3 Å². The van der Waals surface area contributed by atoms with Crippen LogP contribution >= 0.6 is 0 Å². The normalized spacial score (nSPS) is 11.7. The van der Waals surface area contributed by atoms with Gasteiger partial charge in [-0.05, 0) is 49.3 Å². The molecule has 0 spiro atoms. The Hall–Kier alpha value is -2.75. The van der Waals surface area contributed by atoms with E-state index >= 15 is 0 Å². The first-order valence-electron chi connectivity index (χ1n) is 11.3. The first-order chi connectivity index (χ1) is 14.9. The van der Waals surface area contributed by atoms with E-state index in [2.05, 4.69) is 53.4 Å². The summed E-state index contributed by atoms with van der Waals surface area (Å²) in [6.07, 6.45) is 4.99. The molecule has 4 nitrogen and oxygen atoms in total. The molecule has 0 fully saturated rings. The van der Waals surface area contributed by atoms with Gasteiger partial charge in [-0.3, -0.25) is 9.79 Å². The fraction of sp³-hybridized carbons (Fsp3) is 0.444. The Bertz CT molecular complexity index is 817. The van der Waals surface area contributed by atoms with E-state index in [1.54, 1.807) is 14.0 Å². The Morgan fingerprint density at radius 3 is 1.97 bits per heavy atom. The molecule has 2 aromatic carbocycles. The van der Waals surface area contributed by atoms with Crippen LogP contribution in [0.25, 0.3) is 0 Å². The van der Waals surface area contributed by atoms with E-state index in [4.69, 9.17) is 0 Å². The lowest BCUT2D eigenvalue weighted by Gasteiger charge is -2.16. The van der Waals surface area contributed by atoms with Crippen molar-refractivity contribution < 1.29 is 4.79 Å². The lowest BCUT2D eigenvalue weighted by molar-refractivity contribution is -0.119. The Morgan fingerprint density at radius 1 is 0.903 bits per heavy atom. The SMILES string of the molecule is CCCC(CCC)c1ccc(CNC(C)=O)cc1.CN=C(C)N=C(C)c1ccccc1. The van der Waals surface area contributed by atoms with Crippen molar-refractivity contribution in [1.29, 1.82) is 0 Å². The molecule has 168 valence electrons. The summed E-state index contributed by atoms with van der Waals surface area (Å²) in [5.74, 6) is 1.52. The number of amides is 1. The number of carbonyl (C=O) groups excluding carboxylic acids is 1. The second-order valence-electron chi connectivity index (χ2n) is 7.76. The average molecular weight is 422 g/mol. The highest BCUT2D eigenvalue weighted by Gasteiger charge is 2.09. The summed E-state index contributed by atoms with van der Waals surface area (Å²) in [4.78, 5) is 19.2. The van der Waals surface area contributed by atoms with Gasteiger partial charge in [-0.15, -0.1) is 0 Å². The van der Waals surface area contributed by atoms with Crippen molar-refractivity contribution in [1.82, 2.24) is 5.32 Å². The molecule has 0 radical (unpaired) electrons. The number of nitrogens with one attached hydrogen (secondary N) is 1. The van der Waals surface area contributed by atoms with Crippen molar-refractivity contribution in [2.24, 2.45) is 9.98 Å². The minimum atomic E-state index is 0.0221. The number of benzene rings is 2. The molecule has 0 saturated carbocycles. The number of hydrogen-bond acceptors (Lipinski definition) is 2. The van der Waals surface area contributed by atoms with Gasteiger partial charge in [-0.2, -0.15) is 0 Å². The fourth-order valence-corrected chi connectivity index (χ4v) is 3.35. The van der Waals surface area contributed by atoms with E-state index in [9.17, 15) is 4.79 Å². The van der Waals surface area contributed by atoms with Crippen LogP contribution in [0.5, 0.6) is 0 Å². The van der Waals surface area contributed by atoms with Crippen molar-refractivity contribution >= 4 is 17.5 Å². The molecule has 2 aromatic rings. The van der Waals surface area contributed by atoms with Crippen LogP contribution in [-0.2, 0) is 11.3 Å². The van der Waals surface area contributed by atoms with Crippen LogP contribution in [0.4, 0.5) is 0 Å². The van der Waals surface area contributed by atoms with Crippen LogP contribution in [0, 0.1) is 0 Å². The zero-order valence-corrected chi connectivity index (χ0v) is 20.1. The maximum absolute atomic E-state index is 10.9. The van der Waals surface area contributed by atoms with Gasteiger partial charge in [-0.25, -0.2) is 4.99 Å². The number of hydrogen-bond donors (Lipinski definition) is 1. The third kappa shape index (κ3) is 10.7. The van der Waals surface area contributed by atoms with E-state index in [1.807, 2.05) is 44.2 Å². The largest absolute Gasteiger partial charge is 0.352 e. The van der Waals surface area contributed by atoms with Gasteiger partial charge in [0.15, 0.2) is 0 Å². The fourth-order valence-electron chi connectivity index (χ4n) is 3.35. The number of nitrogens with zero attached hydrogens (tertiary/aromatic N) is 2. The maximum atomic E-state index is 10.9. The van der Waals surface area contributed by atoms with Crippen molar-refractivity contribution in [2.45, 2.75) is 72.8 Å². The van der Waals surface area contributed by atoms with Crippen LogP contribution in [0.3, 0.4) is 0 Å². The topological polar surface area (TPSA) is 53.8 Å². The van der Waals surface area contributed by atoms with E-state index in [0.717, 1.165) is 17.1 Å². The zero-order chi connectivity index (χ0) is 23.1. The monoisotopic (exact) mass is 421 g/mol. The smallest absolute Gasteiger partial charge is 0.217 e. The predicted octanol–water partition coefficient (Wildman–Crippen LogP) is 6.55. The van der Waals surface area contributed by atoms with Crippen LogP contribution in [0.15, 0.2) is 64.6 Å². The third-order valence-corrected chi connectivity index (χ3v) is 5.11. The van der Waals surface area contributed by atoms with Crippen LogP contribution < -0.4 is 5.32 Å². The van der Waals surface area contributed by atoms with Gasteiger partial charge >= 0.3 is 0 Å². The number of rotatable bonds is 8. The third-order valence-electron chi connectivity index (χ3n) is 5.11. The molecule has 0 aliphatic rings. The van der Waals surface area contributed by atoms with Gasteiger partial charge in [0.2, 0.25) is 5.91 Å². The van der Waals surface area contributed by atoms with Crippen LogP contribution in [0.2, 0.25) is 0 Å². The average Bonchev–Trinajstić information content (AvgIpc) is 2.79. The van der Waals surface area contributed by atoms with Gasteiger partial charge in [0.25, 0.3) is 0 Å². The highest BCUT2D eigenvalue weighted by Crippen LogP contribution is 2.26. The second-order valence-corrected chi connectivity index (χ2v) is 7.76.